The van der Waals surface area contributed by atoms with Crippen LogP contribution in [0, 0.1) is 25.7 Å². The number of nitrogens with zero attached hydrogens (tertiary/aromatic N) is 6. The van der Waals surface area contributed by atoms with E-state index >= 15 is 0 Å². The van der Waals surface area contributed by atoms with Gasteiger partial charge in [-0.3, -0.25) is 4.90 Å². The van der Waals surface area contributed by atoms with Crippen LogP contribution in [0.15, 0.2) is 33.5 Å². The van der Waals surface area contributed by atoms with Gasteiger partial charge in [0, 0.05) is 12.1 Å². The van der Waals surface area contributed by atoms with E-state index in [-0.39, 0.29) is 11.9 Å². The van der Waals surface area contributed by atoms with E-state index in [0.29, 0.717) is 22.9 Å². The van der Waals surface area contributed by atoms with Crippen molar-refractivity contribution in [3.05, 3.63) is 47.3 Å². The second-order valence-corrected chi connectivity index (χ2v) is 7.39. The summed E-state index contributed by atoms with van der Waals surface area (Å²) in [5.41, 5.74) is 9.21. The molecule has 0 radical (unpaired) electrons. The molecule has 0 bridgehead atoms. The summed E-state index contributed by atoms with van der Waals surface area (Å²) >= 11 is 0. The van der Waals surface area contributed by atoms with Gasteiger partial charge in [-0.15, -0.1) is 5.10 Å². The number of hydrogen-bond acceptors (Lipinski definition) is 8. The molecule has 0 unspecified atom stereocenters. The minimum absolute atomic E-state index is 0.145. The molecule has 0 saturated carbocycles. The van der Waals surface area contributed by atoms with Crippen molar-refractivity contribution in [3.8, 4) is 23.4 Å². The summed E-state index contributed by atoms with van der Waals surface area (Å²) in [6, 6.07) is 3.73. The van der Waals surface area contributed by atoms with Crippen LogP contribution in [0.5, 0.6) is 0 Å². The SMILES string of the molecule is Cc1noc(C)c1CN1CCC[C@H]1C#Cc1cn2nc(-c3ccco3)nc2c(N)n1. The molecule has 2 N–H and O–H groups in total. The van der Waals surface area contributed by atoms with Crippen LogP contribution in [0.4, 0.5) is 5.82 Å². The van der Waals surface area contributed by atoms with Gasteiger partial charge in [-0.25, -0.2) is 14.5 Å². The molecule has 1 atom stereocenters. The van der Waals surface area contributed by atoms with Crippen molar-refractivity contribution in [1.82, 2.24) is 29.6 Å². The van der Waals surface area contributed by atoms with Gasteiger partial charge in [0.15, 0.2) is 17.2 Å². The molecule has 30 heavy (non-hydrogen) atoms. The van der Waals surface area contributed by atoms with Gasteiger partial charge < -0.3 is 14.7 Å². The molecule has 5 heterocycles. The molecular formula is C21H21N7O2. The zero-order valence-electron chi connectivity index (χ0n) is 16.8. The highest BCUT2D eigenvalue weighted by molar-refractivity contribution is 5.63. The summed E-state index contributed by atoms with van der Waals surface area (Å²) in [5.74, 6) is 8.70. The van der Waals surface area contributed by atoms with Gasteiger partial charge in [-0.1, -0.05) is 11.1 Å². The Morgan fingerprint density at radius 2 is 2.20 bits per heavy atom. The number of rotatable bonds is 3. The number of likely N-dealkylation sites (tertiary alicyclic amines) is 1. The average Bonchev–Trinajstić information content (AvgIpc) is 3.51. The summed E-state index contributed by atoms with van der Waals surface area (Å²) in [6.45, 7) is 5.70. The predicted octanol–water partition coefficient (Wildman–Crippen LogP) is 2.59. The van der Waals surface area contributed by atoms with E-state index in [0.717, 1.165) is 42.9 Å². The molecule has 9 heteroatoms. The Labute approximate surface area is 172 Å². The maximum atomic E-state index is 6.10. The fourth-order valence-corrected chi connectivity index (χ4v) is 3.75. The van der Waals surface area contributed by atoms with Gasteiger partial charge in [0.25, 0.3) is 0 Å². The highest BCUT2D eigenvalue weighted by Gasteiger charge is 2.25. The van der Waals surface area contributed by atoms with E-state index in [4.69, 9.17) is 14.7 Å². The van der Waals surface area contributed by atoms with Crippen molar-refractivity contribution in [2.75, 3.05) is 12.3 Å². The Morgan fingerprint density at radius 1 is 1.30 bits per heavy atom. The molecule has 5 rings (SSSR count). The Balaban J connectivity index is 1.40. The number of hydrogen-bond donors (Lipinski definition) is 1. The Hall–Kier alpha value is -3.64. The topological polar surface area (TPSA) is 112 Å². The Bertz CT molecular complexity index is 1240. The van der Waals surface area contributed by atoms with Crippen molar-refractivity contribution in [1.29, 1.82) is 0 Å². The molecule has 1 aliphatic rings. The third-order valence-electron chi connectivity index (χ3n) is 5.36. The lowest BCUT2D eigenvalue weighted by Crippen LogP contribution is -2.28. The van der Waals surface area contributed by atoms with Crippen molar-refractivity contribution in [3.63, 3.8) is 0 Å². The number of nitrogen functional groups attached to an aromatic ring is 1. The molecule has 0 aromatic carbocycles. The normalized spacial score (nSPS) is 16.8. The summed E-state index contributed by atoms with van der Waals surface area (Å²) in [6.07, 6.45) is 5.44. The van der Waals surface area contributed by atoms with E-state index in [1.807, 2.05) is 13.8 Å². The third kappa shape index (κ3) is 3.31. The van der Waals surface area contributed by atoms with Gasteiger partial charge in [-0.2, -0.15) is 0 Å². The Kier molecular flexibility index (Phi) is 4.48. The molecule has 152 valence electrons. The largest absolute Gasteiger partial charge is 0.461 e. The minimum Gasteiger partial charge on any atom is -0.461 e. The van der Waals surface area contributed by atoms with E-state index in [9.17, 15) is 0 Å². The van der Waals surface area contributed by atoms with Crippen molar-refractivity contribution in [2.24, 2.45) is 0 Å². The lowest BCUT2D eigenvalue weighted by molar-refractivity contribution is 0.285. The predicted molar refractivity (Wildman–Crippen MR) is 109 cm³/mol. The molecule has 0 spiro atoms. The first kappa shape index (κ1) is 18.4. The number of aromatic nitrogens is 5. The van der Waals surface area contributed by atoms with E-state index in [2.05, 4.69) is 37.0 Å². The van der Waals surface area contributed by atoms with Crippen molar-refractivity contribution < 1.29 is 8.94 Å². The minimum atomic E-state index is 0.145. The standard InChI is InChI=1S/C21H21N7O2/c1-13-17(14(2)30-26-13)12-27-9-3-5-16(27)8-7-15-11-28-21(19(22)23-15)24-20(25-28)18-6-4-10-29-18/h4,6,10-11,16H,3,5,9,12H2,1-2H3,(H2,22,23)/t16-/m0/s1. The first-order valence-corrected chi connectivity index (χ1v) is 9.82. The maximum Gasteiger partial charge on any atom is 0.218 e. The molecule has 1 fully saturated rings. The lowest BCUT2D eigenvalue weighted by atomic mass is 10.1. The van der Waals surface area contributed by atoms with E-state index in [1.54, 1.807) is 29.1 Å². The smallest absolute Gasteiger partial charge is 0.218 e. The molecular weight excluding hydrogens is 382 g/mol. The average molecular weight is 403 g/mol. The first-order valence-electron chi connectivity index (χ1n) is 9.82. The van der Waals surface area contributed by atoms with Gasteiger partial charge >= 0.3 is 0 Å². The van der Waals surface area contributed by atoms with Gasteiger partial charge in [0.1, 0.15) is 11.5 Å². The van der Waals surface area contributed by atoms with Crippen LogP contribution in [0.2, 0.25) is 0 Å². The summed E-state index contributed by atoms with van der Waals surface area (Å²) < 4.78 is 12.3. The first-order chi connectivity index (χ1) is 14.6. The number of aryl methyl sites for hydroxylation is 2. The van der Waals surface area contributed by atoms with Crippen LogP contribution in [0.1, 0.15) is 35.6 Å². The van der Waals surface area contributed by atoms with Crippen LogP contribution in [-0.2, 0) is 6.54 Å². The van der Waals surface area contributed by atoms with Crippen molar-refractivity contribution >= 4 is 11.5 Å². The van der Waals surface area contributed by atoms with Crippen LogP contribution in [-0.4, -0.2) is 42.2 Å². The Morgan fingerprint density at radius 3 is 2.97 bits per heavy atom. The van der Waals surface area contributed by atoms with Crippen LogP contribution in [0.25, 0.3) is 17.2 Å². The van der Waals surface area contributed by atoms with Crippen LogP contribution >= 0.6 is 0 Å². The lowest BCUT2D eigenvalue weighted by Gasteiger charge is -2.19. The molecule has 4 aromatic rings. The van der Waals surface area contributed by atoms with Gasteiger partial charge in [-0.05, 0) is 51.3 Å². The van der Waals surface area contributed by atoms with Gasteiger partial charge in [0.05, 0.1) is 24.2 Å². The fourth-order valence-electron chi connectivity index (χ4n) is 3.75. The summed E-state index contributed by atoms with van der Waals surface area (Å²) in [5, 5.41) is 8.49. The number of nitrogens with two attached hydrogens (primary N) is 1. The number of anilines is 1. The molecule has 4 aromatic heterocycles. The van der Waals surface area contributed by atoms with Crippen molar-refractivity contribution in [2.45, 2.75) is 39.3 Å². The highest BCUT2D eigenvalue weighted by atomic mass is 16.5. The second kappa shape index (κ2) is 7.31. The molecule has 0 aliphatic carbocycles. The summed E-state index contributed by atoms with van der Waals surface area (Å²) in [4.78, 5) is 11.1. The van der Waals surface area contributed by atoms with Crippen LogP contribution < -0.4 is 5.73 Å². The zero-order chi connectivity index (χ0) is 20.7. The monoisotopic (exact) mass is 403 g/mol. The second-order valence-electron chi connectivity index (χ2n) is 7.39. The number of fused-ring (bicyclic) bond motifs is 1. The third-order valence-corrected chi connectivity index (χ3v) is 5.36. The number of furan rings is 1. The molecule has 1 saturated heterocycles. The van der Waals surface area contributed by atoms with E-state index in [1.165, 1.54) is 0 Å². The highest BCUT2D eigenvalue weighted by Crippen LogP contribution is 2.23. The summed E-state index contributed by atoms with van der Waals surface area (Å²) in [7, 11) is 0. The quantitative estimate of drug-likeness (QED) is 0.520. The van der Waals surface area contributed by atoms with Crippen LogP contribution in [0.3, 0.4) is 0 Å². The fraction of sp³-hybridized carbons (Fsp3) is 0.333. The zero-order valence-corrected chi connectivity index (χ0v) is 16.8. The molecule has 0 amide bonds. The van der Waals surface area contributed by atoms with E-state index < -0.39 is 0 Å². The maximum absolute atomic E-state index is 6.10. The van der Waals surface area contributed by atoms with Gasteiger partial charge in [0.2, 0.25) is 5.82 Å². The molecule has 9 nitrogen and oxygen atoms in total. The molecule has 1 aliphatic heterocycles.